The summed E-state index contributed by atoms with van der Waals surface area (Å²) in [6, 6.07) is 8.33. The van der Waals surface area contributed by atoms with E-state index in [2.05, 4.69) is 48.0 Å². The highest BCUT2D eigenvalue weighted by molar-refractivity contribution is 5.70. The van der Waals surface area contributed by atoms with E-state index in [1.807, 2.05) is 11.5 Å². The summed E-state index contributed by atoms with van der Waals surface area (Å²) in [7, 11) is 1.70. The average Bonchev–Trinajstić information content (AvgIpc) is 3.08. The van der Waals surface area contributed by atoms with Crippen LogP contribution in [0, 0.1) is 12.8 Å². The number of aromatic amines is 1. The first-order valence-corrected chi connectivity index (χ1v) is 10.1. The molecule has 1 aliphatic rings. The Bertz CT molecular complexity index is 1160. The highest BCUT2D eigenvalue weighted by Crippen LogP contribution is 2.28. The Morgan fingerprint density at radius 3 is 2.66 bits per heavy atom. The lowest BCUT2D eigenvalue weighted by Gasteiger charge is -2.26. The molecule has 0 saturated heterocycles. The van der Waals surface area contributed by atoms with Gasteiger partial charge in [0.05, 0.1) is 26.2 Å². The molecule has 1 N–H and O–H groups in total. The SMILES string of the molecule is CCOCCn1c(=O)c2c([nH]c3[n+]2C[C@@H](C)CN3c2ccc(C)cc2)n(C)c1=O. The van der Waals surface area contributed by atoms with Gasteiger partial charge < -0.3 is 4.74 Å². The highest BCUT2D eigenvalue weighted by Gasteiger charge is 2.35. The summed E-state index contributed by atoms with van der Waals surface area (Å²) in [4.78, 5) is 31.6. The van der Waals surface area contributed by atoms with Gasteiger partial charge >= 0.3 is 11.6 Å². The van der Waals surface area contributed by atoms with Crippen molar-refractivity contribution in [3.05, 3.63) is 50.7 Å². The second-order valence-corrected chi connectivity index (χ2v) is 7.80. The van der Waals surface area contributed by atoms with Gasteiger partial charge in [-0.1, -0.05) is 24.6 Å². The van der Waals surface area contributed by atoms with Crippen LogP contribution in [0.5, 0.6) is 0 Å². The number of hydrogen-bond donors (Lipinski definition) is 1. The van der Waals surface area contributed by atoms with Gasteiger partial charge in [0.25, 0.3) is 5.56 Å². The molecule has 0 bridgehead atoms. The molecule has 8 nitrogen and oxygen atoms in total. The minimum atomic E-state index is -0.337. The summed E-state index contributed by atoms with van der Waals surface area (Å²) < 4.78 is 10.2. The highest BCUT2D eigenvalue weighted by atomic mass is 16.5. The number of nitrogens with zero attached hydrogens (tertiary/aromatic N) is 4. The summed E-state index contributed by atoms with van der Waals surface area (Å²) in [5.41, 5.74) is 2.72. The minimum absolute atomic E-state index is 0.243. The first-order valence-electron chi connectivity index (χ1n) is 10.1. The van der Waals surface area contributed by atoms with Crippen LogP contribution in [-0.2, 0) is 24.9 Å². The number of aromatic nitrogens is 4. The fourth-order valence-corrected chi connectivity index (χ4v) is 4.03. The van der Waals surface area contributed by atoms with E-state index in [9.17, 15) is 9.59 Å². The van der Waals surface area contributed by atoms with Gasteiger partial charge in [-0.05, 0) is 26.0 Å². The molecule has 0 spiro atoms. The maximum Gasteiger partial charge on any atom is 0.364 e. The third-order valence-electron chi connectivity index (χ3n) is 5.53. The second-order valence-electron chi connectivity index (χ2n) is 7.80. The smallest absolute Gasteiger partial charge is 0.364 e. The molecule has 1 aromatic carbocycles. The van der Waals surface area contributed by atoms with Crippen LogP contribution in [0.3, 0.4) is 0 Å². The number of fused-ring (bicyclic) bond motifs is 3. The van der Waals surface area contributed by atoms with Crippen LogP contribution >= 0.6 is 0 Å². The Hall–Kier alpha value is -2.87. The van der Waals surface area contributed by atoms with E-state index in [4.69, 9.17) is 4.74 Å². The molecule has 3 aromatic rings. The van der Waals surface area contributed by atoms with Gasteiger partial charge in [-0.15, -0.1) is 0 Å². The standard InChI is InChI=1S/C21H27N5O3/c1-5-29-11-10-24-19(27)17-18(23(4)21(24)28)22-20-25(12-15(3)13-26(17)20)16-8-6-14(2)7-9-16/h6-9,15H,5,10-13H2,1-4H3/p+1/t15-/m0/s1. The molecular weight excluding hydrogens is 370 g/mol. The van der Waals surface area contributed by atoms with Gasteiger partial charge in [0.15, 0.2) is 0 Å². The molecule has 1 atom stereocenters. The topological polar surface area (TPSA) is 76.1 Å². The molecule has 0 radical (unpaired) electrons. The maximum absolute atomic E-state index is 13.3. The first kappa shape index (κ1) is 19.4. The molecule has 154 valence electrons. The summed E-state index contributed by atoms with van der Waals surface area (Å²) in [6.45, 7) is 8.81. The van der Waals surface area contributed by atoms with Crippen molar-refractivity contribution < 1.29 is 9.30 Å². The maximum atomic E-state index is 13.3. The summed E-state index contributed by atoms with van der Waals surface area (Å²) >= 11 is 0. The molecule has 0 unspecified atom stereocenters. The molecule has 1 aliphatic heterocycles. The van der Waals surface area contributed by atoms with Crippen molar-refractivity contribution in [3.8, 4) is 0 Å². The Kier molecular flexibility index (Phi) is 5.04. The largest absolute Gasteiger partial charge is 0.380 e. The minimum Gasteiger partial charge on any atom is -0.380 e. The predicted octanol–water partition coefficient (Wildman–Crippen LogP) is 1.45. The van der Waals surface area contributed by atoms with E-state index in [0.717, 1.165) is 24.7 Å². The Morgan fingerprint density at radius 1 is 1.24 bits per heavy atom. The zero-order chi connectivity index (χ0) is 20.7. The van der Waals surface area contributed by atoms with Crippen molar-refractivity contribution in [3.63, 3.8) is 0 Å². The Morgan fingerprint density at radius 2 is 1.97 bits per heavy atom. The number of nitrogens with one attached hydrogen (secondary N) is 1. The number of anilines is 2. The van der Waals surface area contributed by atoms with E-state index in [-0.39, 0.29) is 17.8 Å². The van der Waals surface area contributed by atoms with Crippen LogP contribution in [0.2, 0.25) is 0 Å². The molecule has 4 rings (SSSR count). The van der Waals surface area contributed by atoms with Gasteiger partial charge in [-0.2, -0.15) is 0 Å². The van der Waals surface area contributed by atoms with Crippen molar-refractivity contribution in [2.45, 2.75) is 33.9 Å². The van der Waals surface area contributed by atoms with E-state index in [0.29, 0.717) is 30.3 Å². The zero-order valence-corrected chi connectivity index (χ0v) is 17.4. The lowest BCUT2D eigenvalue weighted by molar-refractivity contribution is -0.669. The number of H-pyrrole nitrogens is 1. The number of ether oxygens (including phenoxy) is 1. The lowest BCUT2D eigenvalue weighted by Crippen LogP contribution is -2.52. The number of imidazole rings is 1. The molecule has 29 heavy (non-hydrogen) atoms. The fraction of sp³-hybridized carbons (Fsp3) is 0.476. The summed E-state index contributed by atoms with van der Waals surface area (Å²) in [5.74, 6) is 1.18. The van der Waals surface area contributed by atoms with E-state index < -0.39 is 0 Å². The van der Waals surface area contributed by atoms with E-state index in [1.165, 1.54) is 14.7 Å². The second kappa shape index (κ2) is 7.51. The molecule has 3 heterocycles. The number of aryl methyl sites for hydroxylation is 2. The van der Waals surface area contributed by atoms with Gasteiger partial charge in [0, 0.05) is 19.6 Å². The van der Waals surface area contributed by atoms with Crippen molar-refractivity contribution in [2.24, 2.45) is 13.0 Å². The monoisotopic (exact) mass is 398 g/mol. The van der Waals surface area contributed by atoms with Gasteiger partial charge in [0.2, 0.25) is 11.2 Å². The van der Waals surface area contributed by atoms with Crippen molar-refractivity contribution in [2.75, 3.05) is 24.7 Å². The normalized spacial score (nSPS) is 16.4. The van der Waals surface area contributed by atoms with Gasteiger partial charge in [0.1, 0.15) is 5.69 Å². The third-order valence-corrected chi connectivity index (χ3v) is 5.53. The predicted molar refractivity (Wildman–Crippen MR) is 112 cm³/mol. The molecule has 2 aromatic heterocycles. The lowest BCUT2D eigenvalue weighted by atomic mass is 10.1. The first-order chi connectivity index (χ1) is 13.9. The van der Waals surface area contributed by atoms with Gasteiger partial charge in [-0.3, -0.25) is 13.9 Å². The van der Waals surface area contributed by atoms with E-state index in [1.54, 1.807) is 7.05 Å². The molecule has 0 saturated carbocycles. The van der Waals surface area contributed by atoms with Crippen LogP contribution in [0.25, 0.3) is 11.2 Å². The van der Waals surface area contributed by atoms with Crippen LogP contribution in [0.1, 0.15) is 19.4 Å². The van der Waals surface area contributed by atoms with Crippen LogP contribution in [-0.4, -0.2) is 33.9 Å². The average molecular weight is 398 g/mol. The molecule has 8 heteroatoms. The Labute approximate surface area is 169 Å². The number of rotatable bonds is 5. The zero-order valence-electron chi connectivity index (χ0n) is 17.4. The molecule has 0 aliphatic carbocycles. The van der Waals surface area contributed by atoms with Crippen molar-refractivity contribution >= 4 is 22.8 Å². The summed E-state index contributed by atoms with van der Waals surface area (Å²) in [5, 5.41) is 0. The quantitative estimate of drug-likeness (QED) is 0.521. The van der Waals surface area contributed by atoms with Crippen molar-refractivity contribution in [1.82, 2.24) is 14.1 Å². The molecule has 0 amide bonds. The number of hydrogen-bond acceptors (Lipinski definition) is 4. The fourth-order valence-electron chi connectivity index (χ4n) is 4.03. The third kappa shape index (κ3) is 3.27. The Balaban J connectivity index is 1.91. The van der Waals surface area contributed by atoms with Crippen LogP contribution in [0.4, 0.5) is 11.6 Å². The van der Waals surface area contributed by atoms with E-state index >= 15 is 0 Å². The van der Waals surface area contributed by atoms with Gasteiger partial charge in [-0.25, -0.2) is 19.2 Å². The number of benzene rings is 1. The molecule has 0 fully saturated rings. The van der Waals surface area contributed by atoms with Crippen molar-refractivity contribution in [1.29, 1.82) is 0 Å². The molecular formula is C21H28N5O3+. The van der Waals surface area contributed by atoms with Crippen LogP contribution in [0.15, 0.2) is 33.9 Å². The summed E-state index contributed by atoms with van der Waals surface area (Å²) in [6.07, 6.45) is 0. The van der Waals surface area contributed by atoms with Crippen LogP contribution < -0.4 is 20.7 Å².